The molecule has 0 amide bonds. The van der Waals surface area contributed by atoms with E-state index < -0.39 is 0 Å². The number of rotatable bonds is 6. The zero-order valence-corrected chi connectivity index (χ0v) is 15.6. The highest BCUT2D eigenvalue weighted by molar-refractivity contribution is 8.00. The minimum Gasteiger partial charge on any atom is -0.311 e. The lowest BCUT2D eigenvalue weighted by Crippen LogP contribution is -2.50. The zero-order chi connectivity index (χ0) is 15.4. The second-order valence-electron chi connectivity index (χ2n) is 8.12. The van der Waals surface area contributed by atoms with Crippen LogP contribution in [-0.2, 0) is 0 Å². The van der Waals surface area contributed by atoms with Crippen molar-refractivity contribution in [1.29, 1.82) is 0 Å². The van der Waals surface area contributed by atoms with E-state index in [2.05, 4.69) is 70.4 Å². The van der Waals surface area contributed by atoms with Crippen LogP contribution in [0.1, 0.15) is 61.3 Å². The van der Waals surface area contributed by atoms with Crippen molar-refractivity contribution in [2.45, 2.75) is 77.3 Å². The molecule has 3 heteroatoms. The van der Waals surface area contributed by atoms with Gasteiger partial charge in [-0.15, -0.1) is 0 Å². The first-order valence-electron chi connectivity index (χ1n) is 8.26. The molecule has 120 valence electrons. The third-order valence-corrected chi connectivity index (χ3v) is 5.23. The minimum absolute atomic E-state index is 0.216. The van der Waals surface area contributed by atoms with Crippen molar-refractivity contribution in [3.63, 3.8) is 0 Å². The quantitative estimate of drug-likeness (QED) is 0.798. The molecule has 0 radical (unpaired) electrons. The second kappa shape index (κ2) is 7.51. The molecule has 0 aromatic rings. The summed E-state index contributed by atoms with van der Waals surface area (Å²) in [6, 6.07) is 0. The van der Waals surface area contributed by atoms with Gasteiger partial charge in [-0.05, 0) is 32.6 Å². The van der Waals surface area contributed by atoms with E-state index >= 15 is 0 Å². The summed E-state index contributed by atoms with van der Waals surface area (Å²) in [6.45, 7) is 21.2. The number of hydrogen-bond donors (Lipinski definition) is 1. The van der Waals surface area contributed by atoms with Crippen LogP contribution in [0, 0.1) is 5.41 Å². The standard InChI is InChI=1S/C17H36N2S/c1-8-9-17(7,12-18-16(4,5)6)13-19-10-14(2)20-15(3)11-19/h14-15,18H,8-13H2,1-7H3. The van der Waals surface area contributed by atoms with Gasteiger partial charge in [0.1, 0.15) is 0 Å². The molecule has 3 atom stereocenters. The SMILES string of the molecule is CCCC(C)(CNC(C)(C)C)CN1CC(C)SC(C)C1. The van der Waals surface area contributed by atoms with Gasteiger partial charge >= 0.3 is 0 Å². The molecule has 1 rings (SSSR count). The summed E-state index contributed by atoms with van der Waals surface area (Å²) in [5.41, 5.74) is 0.608. The topological polar surface area (TPSA) is 15.3 Å². The summed E-state index contributed by atoms with van der Waals surface area (Å²) in [4.78, 5) is 2.70. The molecule has 1 fully saturated rings. The fraction of sp³-hybridized carbons (Fsp3) is 1.00. The van der Waals surface area contributed by atoms with Crippen molar-refractivity contribution in [3.05, 3.63) is 0 Å². The molecular weight excluding hydrogens is 264 g/mol. The van der Waals surface area contributed by atoms with Gasteiger partial charge in [0.2, 0.25) is 0 Å². The van der Waals surface area contributed by atoms with Crippen LogP contribution in [0.15, 0.2) is 0 Å². The Morgan fingerprint density at radius 2 is 1.65 bits per heavy atom. The number of thioether (sulfide) groups is 1. The molecule has 20 heavy (non-hydrogen) atoms. The molecule has 0 spiro atoms. The summed E-state index contributed by atoms with van der Waals surface area (Å²) < 4.78 is 0. The molecular formula is C17H36N2S. The van der Waals surface area contributed by atoms with Gasteiger partial charge in [-0.3, -0.25) is 0 Å². The minimum atomic E-state index is 0.216. The average molecular weight is 301 g/mol. The molecule has 2 nitrogen and oxygen atoms in total. The molecule has 1 heterocycles. The van der Waals surface area contributed by atoms with Crippen molar-refractivity contribution in [1.82, 2.24) is 10.2 Å². The van der Waals surface area contributed by atoms with Crippen LogP contribution in [0.5, 0.6) is 0 Å². The molecule has 1 aliphatic heterocycles. The first-order valence-corrected chi connectivity index (χ1v) is 9.21. The lowest BCUT2D eigenvalue weighted by Gasteiger charge is -2.42. The van der Waals surface area contributed by atoms with E-state index in [1.165, 1.54) is 32.5 Å². The van der Waals surface area contributed by atoms with Gasteiger partial charge in [-0.25, -0.2) is 0 Å². The Labute approximate surface area is 131 Å². The normalized spacial score (nSPS) is 28.4. The van der Waals surface area contributed by atoms with Gasteiger partial charge in [0.25, 0.3) is 0 Å². The van der Waals surface area contributed by atoms with E-state index in [1.54, 1.807) is 0 Å². The van der Waals surface area contributed by atoms with E-state index in [1.807, 2.05) is 0 Å². The van der Waals surface area contributed by atoms with Gasteiger partial charge in [-0.2, -0.15) is 11.8 Å². The largest absolute Gasteiger partial charge is 0.311 e. The molecule has 1 saturated heterocycles. The Hall–Kier alpha value is 0.270. The van der Waals surface area contributed by atoms with Gasteiger partial charge in [-0.1, -0.05) is 34.1 Å². The zero-order valence-electron chi connectivity index (χ0n) is 14.8. The highest BCUT2D eigenvalue weighted by Crippen LogP contribution is 2.30. The maximum atomic E-state index is 3.73. The van der Waals surface area contributed by atoms with Crippen LogP contribution in [0.25, 0.3) is 0 Å². The Bertz CT molecular complexity index is 277. The molecule has 1 aliphatic rings. The van der Waals surface area contributed by atoms with Gasteiger partial charge in [0, 0.05) is 42.2 Å². The first-order chi connectivity index (χ1) is 9.13. The molecule has 0 bridgehead atoms. The van der Waals surface area contributed by atoms with Crippen LogP contribution >= 0.6 is 11.8 Å². The van der Waals surface area contributed by atoms with Crippen molar-refractivity contribution in [2.75, 3.05) is 26.2 Å². The highest BCUT2D eigenvalue weighted by atomic mass is 32.2. The second-order valence-corrected chi connectivity index (χ2v) is 10.00. The number of nitrogens with one attached hydrogen (secondary N) is 1. The van der Waals surface area contributed by atoms with Gasteiger partial charge in [0.15, 0.2) is 0 Å². The van der Waals surface area contributed by atoms with Gasteiger partial charge in [0.05, 0.1) is 0 Å². The Kier molecular flexibility index (Phi) is 6.88. The lowest BCUT2D eigenvalue weighted by atomic mass is 9.84. The monoisotopic (exact) mass is 300 g/mol. The summed E-state index contributed by atoms with van der Waals surface area (Å²) in [5, 5.41) is 5.28. The molecule has 0 aromatic heterocycles. The number of hydrogen-bond acceptors (Lipinski definition) is 3. The van der Waals surface area contributed by atoms with Crippen LogP contribution < -0.4 is 5.32 Å². The summed E-state index contributed by atoms with van der Waals surface area (Å²) in [5.74, 6) is 0. The highest BCUT2D eigenvalue weighted by Gasteiger charge is 2.31. The van der Waals surface area contributed by atoms with Crippen molar-refractivity contribution >= 4 is 11.8 Å². The molecule has 0 aromatic carbocycles. The fourth-order valence-corrected chi connectivity index (χ4v) is 4.65. The summed E-state index contributed by atoms with van der Waals surface area (Å²) in [7, 11) is 0. The first kappa shape index (κ1) is 18.3. The third-order valence-electron chi connectivity index (χ3n) is 4.00. The lowest BCUT2D eigenvalue weighted by molar-refractivity contribution is 0.139. The van der Waals surface area contributed by atoms with E-state index in [0.717, 1.165) is 17.0 Å². The van der Waals surface area contributed by atoms with Crippen LogP contribution in [0.3, 0.4) is 0 Å². The Morgan fingerprint density at radius 3 is 2.10 bits per heavy atom. The molecule has 3 unspecified atom stereocenters. The summed E-state index contributed by atoms with van der Waals surface area (Å²) >= 11 is 2.14. The van der Waals surface area contributed by atoms with Crippen LogP contribution in [0.2, 0.25) is 0 Å². The molecule has 0 saturated carbocycles. The smallest absolute Gasteiger partial charge is 0.0149 e. The maximum absolute atomic E-state index is 3.73. The Morgan fingerprint density at radius 1 is 1.10 bits per heavy atom. The fourth-order valence-electron chi connectivity index (χ4n) is 3.26. The molecule has 0 aliphatic carbocycles. The third kappa shape index (κ3) is 6.82. The maximum Gasteiger partial charge on any atom is 0.0149 e. The van der Waals surface area contributed by atoms with Crippen molar-refractivity contribution in [2.24, 2.45) is 5.41 Å². The van der Waals surface area contributed by atoms with Crippen LogP contribution in [0.4, 0.5) is 0 Å². The van der Waals surface area contributed by atoms with Crippen molar-refractivity contribution in [3.8, 4) is 0 Å². The summed E-state index contributed by atoms with van der Waals surface area (Å²) in [6.07, 6.45) is 2.58. The van der Waals surface area contributed by atoms with Crippen LogP contribution in [-0.4, -0.2) is 47.1 Å². The predicted octanol–water partition coefficient (Wildman–Crippen LogP) is 4.01. The predicted molar refractivity (Wildman–Crippen MR) is 93.7 cm³/mol. The van der Waals surface area contributed by atoms with Crippen molar-refractivity contribution < 1.29 is 0 Å². The van der Waals surface area contributed by atoms with E-state index in [4.69, 9.17) is 0 Å². The Balaban J connectivity index is 2.60. The van der Waals surface area contributed by atoms with E-state index in [-0.39, 0.29) is 5.54 Å². The molecule has 1 N–H and O–H groups in total. The number of nitrogens with zero attached hydrogens (tertiary/aromatic N) is 1. The van der Waals surface area contributed by atoms with Gasteiger partial charge < -0.3 is 10.2 Å². The average Bonchev–Trinajstić information content (AvgIpc) is 2.24. The van der Waals surface area contributed by atoms with E-state index in [0.29, 0.717) is 5.41 Å². The van der Waals surface area contributed by atoms with E-state index in [9.17, 15) is 0 Å².